The number of benzene rings is 1. The molecule has 0 N–H and O–H groups in total. The minimum absolute atomic E-state index is 0.267. The fourth-order valence-corrected chi connectivity index (χ4v) is 1.77. The van der Waals surface area contributed by atoms with Gasteiger partial charge in [-0.25, -0.2) is 0 Å². The van der Waals surface area contributed by atoms with Crippen LogP contribution in [0.2, 0.25) is 0 Å². The first-order chi connectivity index (χ1) is 6.66. The molecule has 0 aliphatic carbocycles. The van der Waals surface area contributed by atoms with Crippen LogP contribution < -0.4 is 9.64 Å². The third-order valence-electron chi connectivity index (χ3n) is 2.44. The van der Waals surface area contributed by atoms with Crippen LogP contribution in [0.5, 0.6) is 5.75 Å². The second-order valence-corrected chi connectivity index (χ2v) is 3.56. The molecule has 0 saturated carbocycles. The van der Waals surface area contributed by atoms with Gasteiger partial charge in [0, 0.05) is 26.2 Å². The van der Waals surface area contributed by atoms with E-state index in [2.05, 4.69) is 11.9 Å². The van der Waals surface area contributed by atoms with Gasteiger partial charge in [0.2, 0.25) is 0 Å². The molecule has 0 saturated heterocycles. The third-order valence-corrected chi connectivity index (χ3v) is 2.44. The molecule has 1 aromatic carbocycles. The number of nitrogens with zero attached hydrogens (tertiary/aromatic N) is 1. The van der Waals surface area contributed by atoms with Gasteiger partial charge in [-0.2, -0.15) is 0 Å². The molecular weight excluding hydrogens is 178 g/mol. The number of hydrogen-bond acceptors (Lipinski definition) is 3. The van der Waals surface area contributed by atoms with E-state index in [0.717, 1.165) is 13.0 Å². The predicted molar refractivity (Wildman–Crippen MR) is 54.7 cm³/mol. The molecule has 0 unspecified atom stereocenters. The zero-order chi connectivity index (χ0) is 10.1. The molecule has 0 aromatic heterocycles. The van der Waals surface area contributed by atoms with Crippen LogP contribution in [-0.2, 0) is 11.2 Å². The van der Waals surface area contributed by atoms with Crippen molar-refractivity contribution >= 4 is 11.7 Å². The Balaban J connectivity index is 2.28. The van der Waals surface area contributed by atoms with Crippen molar-refractivity contribution in [1.29, 1.82) is 0 Å². The lowest BCUT2D eigenvalue weighted by Crippen LogP contribution is -2.12. The Kier molecular flexibility index (Phi) is 2.15. The van der Waals surface area contributed by atoms with Gasteiger partial charge < -0.3 is 9.64 Å². The second-order valence-electron chi connectivity index (χ2n) is 3.56. The van der Waals surface area contributed by atoms with Crippen molar-refractivity contribution in [2.45, 2.75) is 13.3 Å². The largest absolute Gasteiger partial charge is 0.427 e. The summed E-state index contributed by atoms with van der Waals surface area (Å²) < 4.78 is 5.02. The van der Waals surface area contributed by atoms with Gasteiger partial charge in [-0.15, -0.1) is 0 Å². The molecule has 0 bridgehead atoms. The fraction of sp³-hybridized carbons (Fsp3) is 0.364. The van der Waals surface area contributed by atoms with Crippen LogP contribution in [0.15, 0.2) is 18.2 Å². The van der Waals surface area contributed by atoms with E-state index in [1.54, 1.807) is 0 Å². The smallest absolute Gasteiger partial charge is 0.308 e. The zero-order valence-corrected chi connectivity index (χ0v) is 8.41. The number of carbonyl (C=O) groups is 1. The minimum atomic E-state index is -0.267. The van der Waals surface area contributed by atoms with E-state index in [-0.39, 0.29) is 5.97 Å². The van der Waals surface area contributed by atoms with Crippen LogP contribution in [0.4, 0.5) is 5.69 Å². The quantitative estimate of drug-likeness (QED) is 0.499. The topological polar surface area (TPSA) is 29.5 Å². The maximum absolute atomic E-state index is 10.7. The van der Waals surface area contributed by atoms with Crippen molar-refractivity contribution in [3.63, 3.8) is 0 Å². The molecular formula is C11H13NO2. The van der Waals surface area contributed by atoms with Gasteiger partial charge in [0.05, 0.1) is 0 Å². The summed E-state index contributed by atoms with van der Waals surface area (Å²) in [5.74, 6) is 0.378. The van der Waals surface area contributed by atoms with Crippen LogP contribution in [-0.4, -0.2) is 19.6 Å². The number of anilines is 1. The SMILES string of the molecule is CC(=O)Oc1ccc2c(c1)CCN2C. The predicted octanol–water partition coefficient (Wildman–Crippen LogP) is 1.60. The molecule has 3 nitrogen and oxygen atoms in total. The standard InChI is InChI=1S/C11H13NO2/c1-8(13)14-10-3-4-11-9(7-10)5-6-12(11)2/h3-4,7H,5-6H2,1-2H3. The first-order valence-electron chi connectivity index (χ1n) is 4.69. The van der Waals surface area contributed by atoms with Crippen molar-refractivity contribution < 1.29 is 9.53 Å². The monoisotopic (exact) mass is 191 g/mol. The van der Waals surface area contributed by atoms with E-state index in [1.807, 2.05) is 18.2 Å². The zero-order valence-electron chi connectivity index (χ0n) is 8.41. The highest BCUT2D eigenvalue weighted by Crippen LogP contribution is 2.29. The molecule has 1 aliphatic rings. The van der Waals surface area contributed by atoms with Gasteiger partial charge in [0.25, 0.3) is 0 Å². The van der Waals surface area contributed by atoms with Crippen LogP contribution in [0.1, 0.15) is 12.5 Å². The van der Waals surface area contributed by atoms with E-state index in [1.165, 1.54) is 18.2 Å². The highest BCUT2D eigenvalue weighted by molar-refractivity contribution is 5.70. The first-order valence-corrected chi connectivity index (χ1v) is 4.69. The molecule has 0 atom stereocenters. The molecule has 74 valence electrons. The Bertz CT molecular complexity index is 374. The highest BCUT2D eigenvalue weighted by atomic mass is 16.5. The van der Waals surface area contributed by atoms with Gasteiger partial charge in [-0.05, 0) is 30.2 Å². The average Bonchev–Trinajstić information content (AvgIpc) is 2.46. The summed E-state index contributed by atoms with van der Waals surface area (Å²) in [7, 11) is 2.07. The minimum Gasteiger partial charge on any atom is -0.427 e. The lowest BCUT2D eigenvalue weighted by atomic mass is 10.1. The molecule has 0 fully saturated rings. The van der Waals surface area contributed by atoms with Crippen LogP contribution in [0, 0.1) is 0 Å². The number of esters is 1. The Labute approximate surface area is 83.3 Å². The van der Waals surface area contributed by atoms with Gasteiger partial charge in [0.1, 0.15) is 5.75 Å². The van der Waals surface area contributed by atoms with E-state index in [4.69, 9.17) is 4.74 Å². The van der Waals surface area contributed by atoms with Crippen molar-refractivity contribution in [2.75, 3.05) is 18.5 Å². The average molecular weight is 191 g/mol. The molecule has 14 heavy (non-hydrogen) atoms. The number of carbonyl (C=O) groups excluding carboxylic acids is 1. The molecule has 0 radical (unpaired) electrons. The summed E-state index contributed by atoms with van der Waals surface area (Å²) in [4.78, 5) is 12.9. The lowest BCUT2D eigenvalue weighted by molar-refractivity contribution is -0.131. The molecule has 1 heterocycles. The lowest BCUT2D eigenvalue weighted by Gasteiger charge is -2.11. The van der Waals surface area contributed by atoms with E-state index >= 15 is 0 Å². The number of hydrogen-bond donors (Lipinski definition) is 0. The summed E-state index contributed by atoms with van der Waals surface area (Å²) in [5.41, 5.74) is 2.49. The van der Waals surface area contributed by atoms with E-state index in [9.17, 15) is 4.79 Å². The molecule has 0 amide bonds. The summed E-state index contributed by atoms with van der Waals surface area (Å²) in [6.07, 6.45) is 1.03. The van der Waals surface area contributed by atoms with E-state index in [0.29, 0.717) is 5.75 Å². The number of fused-ring (bicyclic) bond motifs is 1. The van der Waals surface area contributed by atoms with Gasteiger partial charge >= 0.3 is 5.97 Å². The summed E-state index contributed by atoms with van der Waals surface area (Å²) in [6, 6.07) is 5.78. The summed E-state index contributed by atoms with van der Waals surface area (Å²) in [5, 5.41) is 0. The second kappa shape index (κ2) is 3.33. The van der Waals surface area contributed by atoms with Crippen LogP contribution >= 0.6 is 0 Å². The molecule has 2 rings (SSSR count). The number of ether oxygens (including phenoxy) is 1. The van der Waals surface area contributed by atoms with Gasteiger partial charge in [-0.1, -0.05) is 0 Å². The number of likely N-dealkylation sites (N-methyl/N-ethyl adjacent to an activating group) is 1. The van der Waals surface area contributed by atoms with Crippen molar-refractivity contribution in [2.24, 2.45) is 0 Å². The van der Waals surface area contributed by atoms with E-state index < -0.39 is 0 Å². The molecule has 3 heteroatoms. The normalized spacial score (nSPS) is 14.0. The Morgan fingerprint density at radius 1 is 1.50 bits per heavy atom. The van der Waals surface area contributed by atoms with Crippen LogP contribution in [0.25, 0.3) is 0 Å². The van der Waals surface area contributed by atoms with Gasteiger partial charge in [0.15, 0.2) is 0 Å². The van der Waals surface area contributed by atoms with Crippen molar-refractivity contribution in [3.05, 3.63) is 23.8 Å². The Morgan fingerprint density at radius 2 is 2.29 bits per heavy atom. The first kappa shape index (κ1) is 9.06. The van der Waals surface area contributed by atoms with Crippen molar-refractivity contribution in [1.82, 2.24) is 0 Å². The molecule has 1 aliphatic heterocycles. The number of rotatable bonds is 1. The van der Waals surface area contributed by atoms with Crippen LogP contribution in [0.3, 0.4) is 0 Å². The summed E-state index contributed by atoms with van der Waals surface area (Å²) >= 11 is 0. The highest BCUT2D eigenvalue weighted by Gasteiger charge is 2.16. The third kappa shape index (κ3) is 1.58. The molecule has 1 aromatic rings. The Morgan fingerprint density at radius 3 is 3.00 bits per heavy atom. The van der Waals surface area contributed by atoms with Crippen molar-refractivity contribution in [3.8, 4) is 5.75 Å². The summed E-state index contributed by atoms with van der Waals surface area (Å²) in [6.45, 7) is 2.46. The maximum Gasteiger partial charge on any atom is 0.308 e. The Hall–Kier alpha value is -1.51. The maximum atomic E-state index is 10.7. The fourth-order valence-electron chi connectivity index (χ4n) is 1.77. The molecule has 0 spiro atoms. The van der Waals surface area contributed by atoms with Gasteiger partial charge in [-0.3, -0.25) is 4.79 Å².